The Labute approximate surface area is 254 Å². The number of non-ortho nitro benzene ring substituents is 1. The van der Waals surface area contributed by atoms with E-state index in [4.69, 9.17) is 52.8 Å². The van der Waals surface area contributed by atoms with Crippen LogP contribution in [0.4, 0.5) is 5.69 Å². The van der Waals surface area contributed by atoms with E-state index in [0.29, 0.717) is 52.0 Å². The Morgan fingerprint density at radius 3 is 1.60 bits per heavy atom. The van der Waals surface area contributed by atoms with Crippen molar-refractivity contribution in [3.8, 4) is 5.75 Å². The van der Waals surface area contributed by atoms with E-state index in [1.165, 1.54) is 24.3 Å². The molecule has 5 unspecified atom stereocenters. The first-order valence-corrected chi connectivity index (χ1v) is 14.6. The molecule has 0 heterocycles. The normalized spacial score (nSPS) is 15.1. The van der Waals surface area contributed by atoms with Gasteiger partial charge in [0, 0.05) is 12.1 Å². The minimum atomic E-state index is -0.467. The van der Waals surface area contributed by atoms with Crippen molar-refractivity contribution < 1.29 is 57.8 Å². The van der Waals surface area contributed by atoms with Crippen LogP contribution < -0.4 is 4.74 Å². The first-order valence-electron chi connectivity index (χ1n) is 14.6. The average Bonchev–Trinajstić information content (AvgIpc) is 3.00. The largest absolute Gasteiger partial charge is 0.491 e. The zero-order chi connectivity index (χ0) is 31.7. The molecule has 43 heavy (non-hydrogen) atoms. The van der Waals surface area contributed by atoms with Gasteiger partial charge in [0.2, 0.25) is 0 Å². The molecule has 2 N–H and O–H groups in total. The maximum atomic E-state index is 10.9. The summed E-state index contributed by atoms with van der Waals surface area (Å²) in [4.78, 5) is 10.4. The molecule has 0 saturated heterocycles. The molecule has 0 fully saturated rings. The van der Waals surface area contributed by atoms with Gasteiger partial charge < -0.3 is 52.8 Å². The number of rotatable bonds is 29. The van der Waals surface area contributed by atoms with Gasteiger partial charge in [-0.05, 0) is 39.8 Å². The summed E-state index contributed by atoms with van der Waals surface area (Å²) in [5, 5.41) is 28.4. The molecule has 1 aromatic carbocycles. The number of benzene rings is 1. The van der Waals surface area contributed by atoms with Crippen LogP contribution in [-0.2, 0) is 37.9 Å². The minimum Gasteiger partial charge on any atom is -0.491 e. The van der Waals surface area contributed by atoms with Crippen molar-refractivity contribution in [1.29, 1.82) is 0 Å². The molecule has 14 nitrogen and oxygen atoms in total. The summed E-state index contributed by atoms with van der Waals surface area (Å²) >= 11 is 0. The first-order chi connectivity index (χ1) is 20.7. The van der Waals surface area contributed by atoms with Crippen LogP contribution in [0.3, 0.4) is 0 Å². The molecule has 0 aliphatic carbocycles. The predicted octanol–water partition coefficient (Wildman–Crippen LogP) is 2.01. The number of ether oxygens (including phenoxy) is 9. The molecule has 0 radical (unpaired) electrons. The van der Waals surface area contributed by atoms with E-state index in [-0.39, 0.29) is 76.4 Å². The Kier molecular flexibility index (Phi) is 23.0. The van der Waals surface area contributed by atoms with Crippen molar-refractivity contribution in [2.75, 3.05) is 92.5 Å². The van der Waals surface area contributed by atoms with Gasteiger partial charge in [-0.3, -0.25) is 10.1 Å². The molecule has 0 aliphatic rings. The second-order valence-corrected chi connectivity index (χ2v) is 9.88. The van der Waals surface area contributed by atoms with Crippen molar-refractivity contribution in [3.05, 3.63) is 34.4 Å². The van der Waals surface area contributed by atoms with Crippen LogP contribution >= 0.6 is 0 Å². The van der Waals surface area contributed by atoms with Crippen molar-refractivity contribution in [2.24, 2.45) is 0 Å². The first kappa shape index (κ1) is 39.0. The van der Waals surface area contributed by atoms with Gasteiger partial charge in [-0.15, -0.1) is 0 Å². The topological polar surface area (TPSA) is 167 Å². The lowest BCUT2D eigenvalue weighted by atomic mass is 10.3. The third kappa shape index (κ3) is 21.4. The fourth-order valence-electron chi connectivity index (χ4n) is 3.38. The molecule has 0 aliphatic heterocycles. The maximum Gasteiger partial charge on any atom is 0.269 e. The van der Waals surface area contributed by atoms with E-state index in [2.05, 4.69) is 0 Å². The molecule has 0 amide bonds. The molecule has 1 aromatic rings. The molecule has 0 bridgehead atoms. The summed E-state index contributed by atoms with van der Waals surface area (Å²) in [6.45, 7) is 11.5. The Hall–Kier alpha value is -1.98. The highest BCUT2D eigenvalue weighted by Crippen LogP contribution is 2.18. The highest BCUT2D eigenvalue weighted by Gasteiger charge is 2.16. The number of hydrogen-bond acceptors (Lipinski definition) is 13. The highest BCUT2D eigenvalue weighted by atomic mass is 16.6. The van der Waals surface area contributed by atoms with E-state index < -0.39 is 11.0 Å². The van der Waals surface area contributed by atoms with Gasteiger partial charge in [0.05, 0.1) is 115 Å². The second-order valence-electron chi connectivity index (χ2n) is 9.88. The summed E-state index contributed by atoms with van der Waals surface area (Å²) in [6, 6.07) is 5.84. The van der Waals surface area contributed by atoms with Crippen LogP contribution in [0.15, 0.2) is 24.3 Å². The van der Waals surface area contributed by atoms with Crippen LogP contribution in [0, 0.1) is 10.1 Å². The molecule has 14 heteroatoms. The molecule has 5 atom stereocenters. The fraction of sp³-hybridized carbons (Fsp3) is 0.793. The Morgan fingerprint density at radius 2 is 1.09 bits per heavy atom. The van der Waals surface area contributed by atoms with E-state index in [1.807, 2.05) is 27.7 Å². The van der Waals surface area contributed by atoms with Gasteiger partial charge in [0.25, 0.3) is 5.69 Å². The molecule has 0 saturated carbocycles. The smallest absolute Gasteiger partial charge is 0.269 e. The Bertz CT molecular complexity index is 801. The lowest BCUT2D eigenvalue weighted by Gasteiger charge is -2.23. The van der Waals surface area contributed by atoms with Gasteiger partial charge in [0.15, 0.2) is 0 Å². The maximum absolute atomic E-state index is 10.9. The predicted molar refractivity (Wildman–Crippen MR) is 157 cm³/mol. The third-order valence-corrected chi connectivity index (χ3v) is 5.67. The number of nitro benzene ring substituents is 1. The van der Waals surface area contributed by atoms with E-state index >= 15 is 0 Å². The molecular formula is C29H51NO13. The van der Waals surface area contributed by atoms with Gasteiger partial charge in [0.1, 0.15) is 18.5 Å². The molecular weight excluding hydrogens is 570 g/mol. The number of nitro groups is 1. The monoisotopic (exact) mass is 621 g/mol. The average molecular weight is 622 g/mol. The minimum absolute atomic E-state index is 0.0168. The number of aliphatic hydroxyl groups is 2. The van der Waals surface area contributed by atoms with E-state index in [1.54, 1.807) is 0 Å². The zero-order valence-corrected chi connectivity index (χ0v) is 25.9. The quantitative estimate of drug-likeness (QED) is 0.0758. The summed E-state index contributed by atoms with van der Waals surface area (Å²) in [7, 11) is 0. The van der Waals surface area contributed by atoms with Crippen molar-refractivity contribution in [1.82, 2.24) is 0 Å². The standard InChI is InChI=1S/C29H51NO13/c1-23(40-18-24(2)38-15-13-35-11-9-31)17-37-21-29(22-43-28-7-5-27(6-8-28)30(33)34)42-20-26(4)41-19-25(3)39-16-14-36-12-10-32/h5-8,23-26,29,31-32H,9-22H2,1-4H3. The van der Waals surface area contributed by atoms with Crippen molar-refractivity contribution in [2.45, 2.75) is 58.2 Å². The highest BCUT2D eigenvalue weighted by molar-refractivity contribution is 5.35. The summed E-state index contributed by atoms with van der Waals surface area (Å²) in [5.74, 6) is 0.477. The van der Waals surface area contributed by atoms with Crippen LogP contribution in [0.2, 0.25) is 0 Å². The van der Waals surface area contributed by atoms with Crippen molar-refractivity contribution >= 4 is 5.69 Å². The van der Waals surface area contributed by atoms with E-state index in [0.717, 1.165) is 0 Å². The Balaban J connectivity index is 2.45. The lowest BCUT2D eigenvalue weighted by molar-refractivity contribution is -0.384. The molecule has 0 spiro atoms. The van der Waals surface area contributed by atoms with Crippen LogP contribution in [0.5, 0.6) is 5.75 Å². The van der Waals surface area contributed by atoms with Gasteiger partial charge in [-0.1, -0.05) is 0 Å². The van der Waals surface area contributed by atoms with Crippen LogP contribution in [-0.4, -0.2) is 138 Å². The third-order valence-electron chi connectivity index (χ3n) is 5.67. The van der Waals surface area contributed by atoms with Gasteiger partial charge >= 0.3 is 0 Å². The molecule has 1 rings (SSSR count). The number of hydrogen-bond donors (Lipinski definition) is 2. The summed E-state index contributed by atoms with van der Waals surface area (Å²) < 4.78 is 51.0. The summed E-state index contributed by atoms with van der Waals surface area (Å²) in [6.07, 6.45) is -1.12. The van der Waals surface area contributed by atoms with Crippen molar-refractivity contribution in [3.63, 3.8) is 0 Å². The zero-order valence-electron chi connectivity index (χ0n) is 25.9. The lowest BCUT2D eigenvalue weighted by Crippen LogP contribution is -2.33. The number of aliphatic hydroxyl groups excluding tert-OH is 2. The fourth-order valence-corrected chi connectivity index (χ4v) is 3.38. The Morgan fingerprint density at radius 1 is 0.605 bits per heavy atom. The van der Waals surface area contributed by atoms with Gasteiger partial charge in [-0.25, -0.2) is 0 Å². The molecule has 0 aromatic heterocycles. The van der Waals surface area contributed by atoms with Gasteiger partial charge in [-0.2, -0.15) is 0 Å². The summed E-state index contributed by atoms with van der Waals surface area (Å²) in [5.41, 5.74) is -0.0194. The SMILES string of the molecule is CC(COCC(COc1ccc([N+](=O)[O-])cc1)OCC(C)OCC(C)OCCOCCO)OCC(C)OCCOCCO. The second kappa shape index (κ2) is 25.4. The van der Waals surface area contributed by atoms with E-state index in [9.17, 15) is 10.1 Å². The van der Waals surface area contributed by atoms with Crippen LogP contribution in [0.1, 0.15) is 27.7 Å². The van der Waals surface area contributed by atoms with Crippen LogP contribution in [0.25, 0.3) is 0 Å². The number of nitrogens with zero attached hydrogens (tertiary/aromatic N) is 1. The molecule has 250 valence electrons.